The van der Waals surface area contributed by atoms with Gasteiger partial charge >= 0.3 is 0 Å². The number of hydrogen-bond donors (Lipinski definition) is 3. The van der Waals surface area contributed by atoms with Gasteiger partial charge in [0.1, 0.15) is 24.4 Å². The number of hydrogen-bond acceptors (Lipinski definition) is 5. The highest BCUT2D eigenvalue weighted by Crippen LogP contribution is 2.18. The minimum absolute atomic E-state index is 0.220. The van der Waals surface area contributed by atoms with Gasteiger partial charge in [-0.05, 0) is 32.1 Å². The van der Waals surface area contributed by atoms with Gasteiger partial charge in [0, 0.05) is 6.61 Å². The largest absolute Gasteiger partial charge is 0.394 e. The topological polar surface area (TPSA) is 79.2 Å². The van der Waals surface area contributed by atoms with Crippen LogP contribution in [0.25, 0.3) is 0 Å². The monoisotopic (exact) mass is 442 g/mol. The van der Waals surface area contributed by atoms with Crippen LogP contribution in [-0.4, -0.2) is 59.6 Å². The summed E-state index contributed by atoms with van der Waals surface area (Å²) in [6, 6.07) is 0. The van der Waals surface area contributed by atoms with Gasteiger partial charge in [0.25, 0.3) is 0 Å². The van der Waals surface area contributed by atoms with E-state index in [4.69, 9.17) is 14.6 Å². The Labute approximate surface area is 191 Å². The minimum atomic E-state index is -1.08. The molecule has 3 N–H and O–H groups in total. The zero-order valence-electron chi connectivity index (χ0n) is 20.1. The first-order chi connectivity index (χ1) is 15.2. The zero-order valence-corrected chi connectivity index (χ0v) is 20.1. The molecular weight excluding hydrogens is 392 g/mol. The Balaban J connectivity index is 1.80. The van der Waals surface area contributed by atoms with Gasteiger partial charge in [0.2, 0.25) is 0 Å². The van der Waals surface area contributed by atoms with Gasteiger partial charge in [0.05, 0.1) is 13.2 Å². The SMILES string of the molecule is CCCCCCCC/C=C/CCCCCCCCCCO[C@@H]1CO[C@@H](CO)[C@H](O)[C@H]1O. The van der Waals surface area contributed by atoms with Crippen molar-refractivity contribution in [2.24, 2.45) is 0 Å². The van der Waals surface area contributed by atoms with E-state index in [2.05, 4.69) is 19.1 Å². The maximum atomic E-state index is 10.0. The molecule has 0 aromatic rings. The molecule has 0 aromatic heterocycles. The van der Waals surface area contributed by atoms with Crippen molar-refractivity contribution in [2.75, 3.05) is 19.8 Å². The Morgan fingerprint density at radius 3 is 1.81 bits per heavy atom. The smallest absolute Gasteiger partial charge is 0.111 e. The molecule has 5 heteroatoms. The van der Waals surface area contributed by atoms with Crippen molar-refractivity contribution < 1.29 is 24.8 Å². The van der Waals surface area contributed by atoms with E-state index in [-0.39, 0.29) is 13.2 Å². The first-order valence-corrected chi connectivity index (χ1v) is 13.1. The lowest BCUT2D eigenvalue weighted by Crippen LogP contribution is -2.55. The summed E-state index contributed by atoms with van der Waals surface area (Å²) in [4.78, 5) is 0. The Bertz CT molecular complexity index is 415. The molecule has 1 aliphatic rings. The normalized spacial score (nSPS) is 24.3. The lowest BCUT2D eigenvalue weighted by atomic mass is 10.0. The molecule has 5 nitrogen and oxygen atoms in total. The van der Waals surface area contributed by atoms with Gasteiger partial charge in [0.15, 0.2) is 0 Å². The van der Waals surface area contributed by atoms with E-state index >= 15 is 0 Å². The third-order valence-corrected chi connectivity index (χ3v) is 6.25. The molecule has 0 unspecified atom stereocenters. The molecule has 0 aromatic carbocycles. The molecule has 184 valence electrons. The third-order valence-electron chi connectivity index (χ3n) is 6.25. The first-order valence-electron chi connectivity index (χ1n) is 13.1. The van der Waals surface area contributed by atoms with Crippen LogP contribution in [0, 0.1) is 0 Å². The lowest BCUT2D eigenvalue weighted by Gasteiger charge is -2.36. The van der Waals surface area contributed by atoms with Crippen molar-refractivity contribution in [1.29, 1.82) is 0 Å². The maximum absolute atomic E-state index is 10.0. The Hall–Kier alpha value is -0.460. The van der Waals surface area contributed by atoms with Gasteiger partial charge in [-0.15, -0.1) is 0 Å². The molecule has 0 aliphatic carbocycles. The van der Waals surface area contributed by atoms with Crippen LogP contribution in [0.1, 0.15) is 110 Å². The standard InChI is InChI=1S/C26H50O5/c1-2-3-4-5-6-7-8-9-10-11-12-13-14-15-16-17-18-19-20-30-24-22-31-23(21-27)25(28)26(24)29/h9-10,23-29H,2-8,11-22H2,1H3/b10-9+/t23-,24+,25-,26-/m0/s1. The van der Waals surface area contributed by atoms with Crippen LogP contribution in [0.5, 0.6) is 0 Å². The third kappa shape index (κ3) is 14.3. The molecular formula is C26H50O5. The van der Waals surface area contributed by atoms with E-state index in [0.717, 1.165) is 12.8 Å². The van der Waals surface area contributed by atoms with E-state index in [1.54, 1.807) is 0 Å². The molecule has 1 rings (SSSR count). The summed E-state index contributed by atoms with van der Waals surface area (Å²) < 4.78 is 11.0. The Morgan fingerprint density at radius 1 is 0.742 bits per heavy atom. The summed E-state index contributed by atoms with van der Waals surface area (Å²) in [5, 5.41) is 28.9. The van der Waals surface area contributed by atoms with Gasteiger partial charge in [-0.3, -0.25) is 0 Å². The molecule has 1 saturated heterocycles. The van der Waals surface area contributed by atoms with Crippen LogP contribution >= 0.6 is 0 Å². The van der Waals surface area contributed by atoms with E-state index < -0.39 is 24.4 Å². The van der Waals surface area contributed by atoms with E-state index in [9.17, 15) is 10.2 Å². The summed E-state index contributed by atoms with van der Waals surface area (Å²) >= 11 is 0. The molecule has 1 fully saturated rings. The second-order valence-corrected chi connectivity index (χ2v) is 9.09. The van der Waals surface area contributed by atoms with Gasteiger partial charge in [-0.25, -0.2) is 0 Å². The molecule has 0 spiro atoms. The number of unbranched alkanes of at least 4 members (excludes halogenated alkanes) is 14. The quantitative estimate of drug-likeness (QED) is 0.176. The van der Waals surface area contributed by atoms with Crippen LogP contribution in [0.15, 0.2) is 12.2 Å². The summed E-state index contributed by atoms with van der Waals surface area (Å²) in [6.45, 7) is 2.77. The van der Waals surface area contributed by atoms with Crippen LogP contribution in [0.3, 0.4) is 0 Å². The number of ether oxygens (including phenoxy) is 2. The fourth-order valence-corrected chi connectivity index (χ4v) is 4.10. The van der Waals surface area contributed by atoms with E-state index in [1.807, 2.05) is 0 Å². The second-order valence-electron chi connectivity index (χ2n) is 9.09. The van der Waals surface area contributed by atoms with Crippen molar-refractivity contribution in [3.8, 4) is 0 Å². The van der Waals surface area contributed by atoms with Crippen molar-refractivity contribution in [3.63, 3.8) is 0 Å². The molecule has 31 heavy (non-hydrogen) atoms. The van der Waals surface area contributed by atoms with Crippen molar-refractivity contribution in [3.05, 3.63) is 12.2 Å². The average Bonchev–Trinajstić information content (AvgIpc) is 2.78. The molecule has 1 aliphatic heterocycles. The number of allylic oxidation sites excluding steroid dienone is 2. The van der Waals surface area contributed by atoms with Gasteiger partial charge < -0.3 is 24.8 Å². The number of rotatable bonds is 20. The summed E-state index contributed by atoms with van der Waals surface area (Å²) in [5.74, 6) is 0. The highest BCUT2D eigenvalue weighted by atomic mass is 16.6. The molecule has 1 heterocycles. The van der Waals surface area contributed by atoms with Crippen molar-refractivity contribution >= 4 is 0 Å². The fourth-order valence-electron chi connectivity index (χ4n) is 4.10. The van der Waals surface area contributed by atoms with Crippen LogP contribution in [-0.2, 0) is 9.47 Å². The first kappa shape index (κ1) is 28.6. The highest BCUT2D eigenvalue weighted by Gasteiger charge is 2.38. The van der Waals surface area contributed by atoms with Gasteiger partial charge in [-0.1, -0.05) is 89.7 Å². The number of aliphatic hydroxyl groups is 3. The predicted molar refractivity (Wildman–Crippen MR) is 127 cm³/mol. The lowest BCUT2D eigenvalue weighted by molar-refractivity contribution is -0.208. The molecule has 0 amide bonds. The van der Waals surface area contributed by atoms with Crippen LogP contribution in [0.2, 0.25) is 0 Å². The fraction of sp³-hybridized carbons (Fsp3) is 0.923. The highest BCUT2D eigenvalue weighted by molar-refractivity contribution is 4.87. The maximum Gasteiger partial charge on any atom is 0.111 e. The van der Waals surface area contributed by atoms with Crippen molar-refractivity contribution in [2.45, 2.75) is 134 Å². The Morgan fingerprint density at radius 2 is 1.26 bits per heavy atom. The van der Waals surface area contributed by atoms with E-state index in [0.29, 0.717) is 6.61 Å². The number of aliphatic hydroxyl groups excluding tert-OH is 3. The molecule has 4 atom stereocenters. The summed E-state index contributed by atoms with van der Waals surface area (Å²) in [6.07, 6.45) is 22.1. The van der Waals surface area contributed by atoms with Crippen LogP contribution in [0.4, 0.5) is 0 Å². The van der Waals surface area contributed by atoms with E-state index in [1.165, 1.54) is 89.9 Å². The van der Waals surface area contributed by atoms with Crippen molar-refractivity contribution in [1.82, 2.24) is 0 Å². The second kappa shape index (κ2) is 20.2. The molecule has 0 radical (unpaired) electrons. The summed E-state index contributed by atoms with van der Waals surface area (Å²) in [5.41, 5.74) is 0. The van der Waals surface area contributed by atoms with Gasteiger partial charge in [-0.2, -0.15) is 0 Å². The minimum Gasteiger partial charge on any atom is -0.394 e. The average molecular weight is 443 g/mol. The molecule has 0 bridgehead atoms. The van der Waals surface area contributed by atoms with Crippen LogP contribution < -0.4 is 0 Å². The Kier molecular flexibility index (Phi) is 18.6. The summed E-state index contributed by atoms with van der Waals surface area (Å²) in [7, 11) is 0. The predicted octanol–water partition coefficient (Wildman–Crippen LogP) is 5.30. The molecule has 0 saturated carbocycles. The zero-order chi connectivity index (χ0) is 22.6.